The van der Waals surface area contributed by atoms with Gasteiger partial charge in [-0.3, -0.25) is 9.59 Å². The summed E-state index contributed by atoms with van der Waals surface area (Å²) in [7, 11) is 4.57. The van der Waals surface area contributed by atoms with Crippen LogP contribution in [0.1, 0.15) is 38.5 Å². The molecule has 2 atom stereocenters. The van der Waals surface area contributed by atoms with Crippen molar-refractivity contribution in [2.45, 2.75) is 44.6 Å². The molecule has 27 heavy (non-hydrogen) atoms. The average Bonchev–Trinajstić information content (AvgIpc) is 3.49. The van der Waals surface area contributed by atoms with Crippen LogP contribution in [0.4, 0.5) is 5.69 Å². The molecule has 0 heterocycles. The Labute approximate surface area is 159 Å². The van der Waals surface area contributed by atoms with Gasteiger partial charge in [0.05, 0.1) is 33.2 Å². The highest BCUT2D eigenvalue weighted by Crippen LogP contribution is 2.42. The van der Waals surface area contributed by atoms with Crippen molar-refractivity contribution in [1.82, 2.24) is 5.32 Å². The second kappa shape index (κ2) is 8.50. The Kier molecular flexibility index (Phi) is 6.08. The lowest BCUT2D eigenvalue weighted by atomic mass is 9.95. The van der Waals surface area contributed by atoms with Gasteiger partial charge in [-0.25, -0.2) is 0 Å². The monoisotopic (exact) mass is 376 g/mol. The second-order valence-electron chi connectivity index (χ2n) is 7.20. The number of carbonyl (C=O) groups is 2. The normalized spacial score (nSPS) is 21.9. The van der Waals surface area contributed by atoms with Crippen molar-refractivity contribution in [2.75, 3.05) is 26.6 Å². The first kappa shape index (κ1) is 19.3. The van der Waals surface area contributed by atoms with Crippen LogP contribution in [0.2, 0.25) is 0 Å². The Hall–Kier alpha value is -2.44. The molecule has 0 radical (unpaired) electrons. The molecule has 0 spiro atoms. The number of ether oxygens (including phenoxy) is 3. The summed E-state index contributed by atoms with van der Waals surface area (Å²) in [5.74, 6) is 0.736. The molecule has 0 bridgehead atoms. The van der Waals surface area contributed by atoms with Gasteiger partial charge in [0.25, 0.3) is 0 Å². The van der Waals surface area contributed by atoms with Crippen LogP contribution in [0, 0.1) is 11.8 Å². The number of rotatable bonds is 7. The Bertz CT molecular complexity index is 675. The third kappa shape index (κ3) is 4.46. The van der Waals surface area contributed by atoms with Crippen molar-refractivity contribution in [2.24, 2.45) is 11.8 Å². The van der Waals surface area contributed by atoms with Gasteiger partial charge >= 0.3 is 0 Å². The minimum atomic E-state index is -0.285. The molecule has 7 nitrogen and oxygen atoms in total. The van der Waals surface area contributed by atoms with Gasteiger partial charge in [0.15, 0.2) is 11.5 Å². The van der Waals surface area contributed by atoms with E-state index in [4.69, 9.17) is 14.2 Å². The highest BCUT2D eigenvalue weighted by atomic mass is 16.5. The molecule has 1 aromatic rings. The standard InChI is InChI=1S/C20H28N2O5/c1-25-16-9-13(10-17(26-2)18(16)27-3)22-20(24)15-11-14(15)19(23)21-12-7-5-4-6-8-12/h9-10,12,14-15H,4-8,11H2,1-3H3,(H,21,23)(H,22,24). The number of anilines is 1. The summed E-state index contributed by atoms with van der Waals surface area (Å²) < 4.78 is 15.9. The van der Waals surface area contributed by atoms with Gasteiger partial charge in [-0.2, -0.15) is 0 Å². The molecule has 0 saturated heterocycles. The molecule has 2 amide bonds. The van der Waals surface area contributed by atoms with Crippen LogP contribution >= 0.6 is 0 Å². The molecule has 2 N–H and O–H groups in total. The fourth-order valence-corrected chi connectivity index (χ4v) is 3.72. The zero-order chi connectivity index (χ0) is 19.4. The zero-order valence-corrected chi connectivity index (χ0v) is 16.2. The minimum absolute atomic E-state index is 0.00643. The van der Waals surface area contributed by atoms with E-state index in [0.717, 1.165) is 12.8 Å². The van der Waals surface area contributed by atoms with E-state index in [1.54, 1.807) is 12.1 Å². The van der Waals surface area contributed by atoms with Gasteiger partial charge in [-0.1, -0.05) is 19.3 Å². The molecule has 1 aromatic carbocycles. The third-order valence-electron chi connectivity index (χ3n) is 5.35. The molecule has 3 rings (SSSR count). The Balaban J connectivity index is 1.59. The van der Waals surface area contributed by atoms with Crippen LogP contribution in [-0.2, 0) is 9.59 Å². The smallest absolute Gasteiger partial charge is 0.228 e. The van der Waals surface area contributed by atoms with Gasteiger partial charge < -0.3 is 24.8 Å². The van der Waals surface area contributed by atoms with E-state index in [0.29, 0.717) is 29.4 Å². The number of carbonyl (C=O) groups excluding carboxylic acids is 2. The van der Waals surface area contributed by atoms with E-state index in [1.807, 2.05) is 0 Å². The Morgan fingerprint density at radius 3 is 2.04 bits per heavy atom. The zero-order valence-electron chi connectivity index (χ0n) is 16.2. The van der Waals surface area contributed by atoms with Crippen molar-refractivity contribution in [1.29, 1.82) is 0 Å². The molecule has 148 valence electrons. The van der Waals surface area contributed by atoms with E-state index in [-0.39, 0.29) is 29.7 Å². The molecule has 2 fully saturated rings. The fraction of sp³-hybridized carbons (Fsp3) is 0.600. The molecule has 2 unspecified atom stereocenters. The van der Waals surface area contributed by atoms with Crippen LogP contribution in [0.15, 0.2) is 12.1 Å². The summed E-state index contributed by atoms with van der Waals surface area (Å²) >= 11 is 0. The van der Waals surface area contributed by atoms with Gasteiger partial charge in [-0.05, 0) is 19.3 Å². The topological polar surface area (TPSA) is 85.9 Å². The largest absolute Gasteiger partial charge is 0.493 e. The van der Waals surface area contributed by atoms with Gasteiger partial charge in [0, 0.05) is 23.9 Å². The van der Waals surface area contributed by atoms with Gasteiger partial charge in [-0.15, -0.1) is 0 Å². The van der Waals surface area contributed by atoms with Crippen molar-refractivity contribution in [3.8, 4) is 17.2 Å². The van der Waals surface area contributed by atoms with Crippen LogP contribution in [0.3, 0.4) is 0 Å². The van der Waals surface area contributed by atoms with Crippen molar-refractivity contribution >= 4 is 17.5 Å². The maximum Gasteiger partial charge on any atom is 0.228 e. The Morgan fingerprint density at radius 2 is 1.48 bits per heavy atom. The average molecular weight is 376 g/mol. The summed E-state index contributed by atoms with van der Waals surface area (Å²) in [6.45, 7) is 0. The van der Waals surface area contributed by atoms with E-state index in [9.17, 15) is 9.59 Å². The van der Waals surface area contributed by atoms with E-state index < -0.39 is 0 Å². The molecule has 2 aliphatic carbocycles. The number of benzene rings is 1. The molecule has 2 saturated carbocycles. The van der Waals surface area contributed by atoms with Crippen LogP contribution in [0.25, 0.3) is 0 Å². The van der Waals surface area contributed by atoms with Crippen molar-refractivity contribution < 1.29 is 23.8 Å². The summed E-state index contributed by atoms with van der Waals surface area (Å²) in [4.78, 5) is 24.9. The molecule has 2 aliphatic rings. The maximum absolute atomic E-state index is 12.5. The van der Waals surface area contributed by atoms with Gasteiger partial charge in [0.2, 0.25) is 17.6 Å². The number of methoxy groups -OCH3 is 3. The fourth-order valence-electron chi connectivity index (χ4n) is 3.72. The SMILES string of the molecule is COc1cc(NC(=O)C2CC2C(=O)NC2CCCCC2)cc(OC)c1OC. The van der Waals surface area contributed by atoms with E-state index in [1.165, 1.54) is 40.6 Å². The lowest BCUT2D eigenvalue weighted by molar-refractivity contribution is -0.126. The number of amides is 2. The highest BCUT2D eigenvalue weighted by Gasteiger charge is 2.48. The quantitative estimate of drug-likeness (QED) is 0.764. The molecule has 7 heteroatoms. The summed E-state index contributed by atoms with van der Waals surface area (Å²) in [6.07, 6.45) is 6.26. The Morgan fingerprint density at radius 1 is 0.889 bits per heavy atom. The molecular formula is C20H28N2O5. The number of hydrogen-bond donors (Lipinski definition) is 2. The summed E-state index contributed by atoms with van der Waals surface area (Å²) in [5, 5.41) is 5.96. The predicted molar refractivity (Wildman–Crippen MR) is 101 cm³/mol. The first-order chi connectivity index (χ1) is 13.1. The maximum atomic E-state index is 12.5. The van der Waals surface area contributed by atoms with Crippen LogP contribution < -0.4 is 24.8 Å². The van der Waals surface area contributed by atoms with Crippen LogP contribution in [-0.4, -0.2) is 39.2 Å². The highest BCUT2D eigenvalue weighted by molar-refractivity contribution is 6.00. The second-order valence-corrected chi connectivity index (χ2v) is 7.20. The summed E-state index contributed by atoms with van der Waals surface area (Å²) in [5.41, 5.74) is 0.549. The molecular weight excluding hydrogens is 348 g/mol. The number of hydrogen-bond acceptors (Lipinski definition) is 5. The summed E-state index contributed by atoms with van der Waals surface area (Å²) in [6, 6.07) is 3.63. The van der Waals surface area contributed by atoms with Crippen molar-refractivity contribution in [3.05, 3.63) is 12.1 Å². The lowest BCUT2D eigenvalue weighted by Crippen LogP contribution is -2.37. The number of nitrogens with one attached hydrogen (secondary N) is 2. The first-order valence-corrected chi connectivity index (χ1v) is 9.48. The lowest BCUT2D eigenvalue weighted by Gasteiger charge is -2.22. The van der Waals surface area contributed by atoms with Crippen LogP contribution in [0.5, 0.6) is 17.2 Å². The molecule has 0 aliphatic heterocycles. The van der Waals surface area contributed by atoms with E-state index in [2.05, 4.69) is 10.6 Å². The van der Waals surface area contributed by atoms with E-state index >= 15 is 0 Å². The predicted octanol–water partition coefficient (Wildman–Crippen LogP) is 2.74. The minimum Gasteiger partial charge on any atom is -0.493 e. The van der Waals surface area contributed by atoms with Gasteiger partial charge in [0.1, 0.15) is 0 Å². The van der Waals surface area contributed by atoms with Crippen molar-refractivity contribution in [3.63, 3.8) is 0 Å². The first-order valence-electron chi connectivity index (χ1n) is 9.48. The third-order valence-corrected chi connectivity index (χ3v) is 5.35. The molecule has 0 aromatic heterocycles.